The Morgan fingerprint density at radius 1 is 1.26 bits per heavy atom. The molecule has 1 aliphatic carbocycles. The molecule has 0 aromatic rings. The average molecular weight is 282 g/mol. The van der Waals surface area contributed by atoms with E-state index in [1.165, 1.54) is 36.6 Å². The standard InChI is InChI=1S/C15H26N2OS/c1-12-2-4-13(5-3-12)10-16-14-17-15(11-19-14)6-8-18-9-7-15/h12-13H,2-11H2,1H3,(H,16,17). The Labute approximate surface area is 121 Å². The molecule has 0 radical (unpaired) electrons. The van der Waals surface area contributed by atoms with Gasteiger partial charge in [0.1, 0.15) is 0 Å². The number of thioether (sulfide) groups is 1. The van der Waals surface area contributed by atoms with Gasteiger partial charge in [0.05, 0.1) is 5.54 Å². The van der Waals surface area contributed by atoms with Crippen LogP contribution in [0.3, 0.4) is 0 Å². The molecule has 0 amide bonds. The molecule has 0 aromatic carbocycles. The molecule has 3 rings (SSSR count). The van der Waals surface area contributed by atoms with Crippen molar-refractivity contribution in [1.82, 2.24) is 5.32 Å². The average Bonchev–Trinajstić information content (AvgIpc) is 2.82. The predicted octanol–water partition coefficient (Wildman–Crippen LogP) is 3.05. The van der Waals surface area contributed by atoms with Crippen LogP contribution in [0, 0.1) is 11.8 Å². The fourth-order valence-electron chi connectivity index (χ4n) is 3.35. The Kier molecular flexibility index (Phi) is 4.37. The van der Waals surface area contributed by atoms with Crippen LogP contribution < -0.4 is 5.32 Å². The van der Waals surface area contributed by atoms with E-state index >= 15 is 0 Å². The van der Waals surface area contributed by atoms with E-state index in [0.717, 1.165) is 44.4 Å². The normalized spacial score (nSPS) is 36.6. The van der Waals surface area contributed by atoms with E-state index in [4.69, 9.17) is 9.73 Å². The summed E-state index contributed by atoms with van der Waals surface area (Å²) >= 11 is 1.92. The van der Waals surface area contributed by atoms with E-state index in [-0.39, 0.29) is 0 Å². The number of amidine groups is 1. The van der Waals surface area contributed by atoms with E-state index in [1.807, 2.05) is 11.8 Å². The lowest BCUT2D eigenvalue weighted by molar-refractivity contribution is 0.0555. The quantitative estimate of drug-likeness (QED) is 0.845. The lowest BCUT2D eigenvalue weighted by Gasteiger charge is -2.32. The summed E-state index contributed by atoms with van der Waals surface area (Å²) < 4.78 is 5.47. The van der Waals surface area contributed by atoms with Crippen molar-refractivity contribution < 1.29 is 4.74 Å². The molecule has 2 heterocycles. The molecule has 1 saturated carbocycles. The van der Waals surface area contributed by atoms with Crippen molar-refractivity contribution in [3.63, 3.8) is 0 Å². The first-order chi connectivity index (χ1) is 9.26. The van der Waals surface area contributed by atoms with Crippen LogP contribution >= 0.6 is 11.8 Å². The first kappa shape index (κ1) is 13.7. The molecule has 0 aromatic heterocycles. The maximum Gasteiger partial charge on any atom is 0.157 e. The van der Waals surface area contributed by atoms with Crippen molar-refractivity contribution in [3.05, 3.63) is 0 Å². The van der Waals surface area contributed by atoms with Gasteiger partial charge in [-0.05, 0) is 37.5 Å². The van der Waals surface area contributed by atoms with Crippen LogP contribution in [0.1, 0.15) is 45.4 Å². The second-order valence-electron chi connectivity index (χ2n) is 6.58. The fraction of sp³-hybridized carbons (Fsp3) is 0.933. The van der Waals surface area contributed by atoms with Crippen molar-refractivity contribution >= 4 is 16.9 Å². The highest BCUT2D eigenvalue weighted by molar-refractivity contribution is 8.14. The van der Waals surface area contributed by atoms with Crippen molar-refractivity contribution in [3.8, 4) is 0 Å². The molecular formula is C15H26N2OS. The number of hydrogen-bond acceptors (Lipinski definition) is 3. The van der Waals surface area contributed by atoms with Crippen LogP contribution in [-0.4, -0.2) is 36.2 Å². The van der Waals surface area contributed by atoms with E-state index in [9.17, 15) is 0 Å². The van der Waals surface area contributed by atoms with E-state index < -0.39 is 0 Å². The third-order valence-electron chi connectivity index (χ3n) is 4.94. The Morgan fingerprint density at radius 3 is 2.74 bits per heavy atom. The van der Waals surface area contributed by atoms with Crippen LogP contribution in [0.4, 0.5) is 0 Å². The number of nitrogens with zero attached hydrogens (tertiary/aromatic N) is 1. The van der Waals surface area contributed by atoms with Gasteiger partial charge in [-0.2, -0.15) is 0 Å². The SMILES string of the molecule is CC1CCC(CN=C2NC3(CCOCC3)CS2)CC1. The summed E-state index contributed by atoms with van der Waals surface area (Å²) in [6.07, 6.45) is 7.83. The van der Waals surface area contributed by atoms with Gasteiger partial charge < -0.3 is 10.1 Å². The van der Waals surface area contributed by atoms with Crippen LogP contribution in [0.25, 0.3) is 0 Å². The molecule has 19 heavy (non-hydrogen) atoms. The minimum Gasteiger partial charge on any atom is -0.381 e. The second kappa shape index (κ2) is 6.04. The number of aliphatic imine (C=N–C) groups is 1. The van der Waals surface area contributed by atoms with Crippen molar-refractivity contribution in [2.24, 2.45) is 16.8 Å². The van der Waals surface area contributed by atoms with Crippen LogP contribution in [0.5, 0.6) is 0 Å². The Hall–Kier alpha value is -0.220. The van der Waals surface area contributed by atoms with Crippen LogP contribution in [0.2, 0.25) is 0 Å². The second-order valence-corrected chi connectivity index (χ2v) is 7.54. The van der Waals surface area contributed by atoms with E-state index in [1.54, 1.807) is 0 Å². The third kappa shape index (κ3) is 3.46. The van der Waals surface area contributed by atoms with E-state index in [2.05, 4.69) is 12.2 Å². The number of hydrogen-bond donors (Lipinski definition) is 1. The minimum absolute atomic E-state index is 0.294. The monoisotopic (exact) mass is 282 g/mol. The van der Waals surface area contributed by atoms with Gasteiger partial charge in [-0.15, -0.1) is 0 Å². The van der Waals surface area contributed by atoms with Gasteiger partial charge in [0.2, 0.25) is 0 Å². The summed E-state index contributed by atoms with van der Waals surface area (Å²) in [5.41, 5.74) is 0.294. The van der Waals surface area contributed by atoms with Gasteiger partial charge in [-0.25, -0.2) is 0 Å². The Bertz CT molecular complexity index is 331. The molecule has 1 N–H and O–H groups in total. The minimum atomic E-state index is 0.294. The first-order valence-corrected chi connectivity index (χ1v) is 8.77. The van der Waals surface area contributed by atoms with Gasteiger partial charge in [0.25, 0.3) is 0 Å². The zero-order valence-corrected chi connectivity index (χ0v) is 12.8. The molecule has 3 aliphatic rings. The van der Waals surface area contributed by atoms with Crippen LogP contribution in [-0.2, 0) is 4.74 Å². The van der Waals surface area contributed by atoms with Gasteiger partial charge in [0.15, 0.2) is 5.17 Å². The van der Waals surface area contributed by atoms with Crippen molar-refractivity contribution in [2.45, 2.75) is 51.0 Å². The number of rotatable bonds is 2. The zero-order valence-electron chi connectivity index (χ0n) is 12.0. The maximum absolute atomic E-state index is 5.47. The molecule has 0 atom stereocenters. The molecule has 4 heteroatoms. The highest BCUT2D eigenvalue weighted by atomic mass is 32.2. The van der Waals surface area contributed by atoms with E-state index in [0.29, 0.717) is 5.54 Å². The summed E-state index contributed by atoms with van der Waals surface area (Å²) in [5.74, 6) is 2.95. The fourth-order valence-corrected chi connectivity index (χ4v) is 4.57. The number of nitrogens with one attached hydrogen (secondary N) is 1. The summed E-state index contributed by atoms with van der Waals surface area (Å²) in [7, 11) is 0. The lowest BCUT2D eigenvalue weighted by atomic mass is 9.83. The highest BCUT2D eigenvalue weighted by Crippen LogP contribution is 2.33. The molecule has 3 nitrogen and oxygen atoms in total. The molecular weight excluding hydrogens is 256 g/mol. The summed E-state index contributed by atoms with van der Waals surface area (Å²) in [4.78, 5) is 4.85. The maximum atomic E-state index is 5.47. The predicted molar refractivity (Wildman–Crippen MR) is 81.8 cm³/mol. The van der Waals surface area contributed by atoms with Gasteiger partial charge in [0, 0.05) is 25.5 Å². The van der Waals surface area contributed by atoms with Crippen molar-refractivity contribution in [1.29, 1.82) is 0 Å². The lowest BCUT2D eigenvalue weighted by Crippen LogP contribution is -2.48. The smallest absolute Gasteiger partial charge is 0.157 e. The summed E-state index contributed by atoms with van der Waals surface area (Å²) in [6.45, 7) is 5.22. The topological polar surface area (TPSA) is 33.6 Å². The summed E-state index contributed by atoms with van der Waals surface area (Å²) in [5, 5.41) is 4.88. The molecule has 0 unspecified atom stereocenters. The Morgan fingerprint density at radius 2 is 2.00 bits per heavy atom. The van der Waals surface area contributed by atoms with Gasteiger partial charge in [-0.1, -0.05) is 31.5 Å². The highest BCUT2D eigenvalue weighted by Gasteiger charge is 2.38. The molecule has 2 aliphatic heterocycles. The largest absolute Gasteiger partial charge is 0.381 e. The number of ether oxygens (including phenoxy) is 1. The molecule has 0 bridgehead atoms. The first-order valence-electron chi connectivity index (χ1n) is 7.79. The van der Waals surface area contributed by atoms with Gasteiger partial charge in [-0.3, -0.25) is 4.99 Å². The summed E-state index contributed by atoms with van der Waals surface area (Å²) in [6, 6.07) is 0. The molecule has 3 fully saturated rings. The van der Waals surface area contributed by atoms with Gasteiger partial charge >= 0.3 is 0 Å². The zero-order chi connectivity index (χ0) is 13.1. The van der Waals surface area contributed by atoms with Crippen LogP contribution in [0.15, 0.2) is 4.99 Å². The Balaban J connectivity index is 1.49. The molecule has 1 spiro atoms. The molecule has 2 saturated heterocycles. The van der Waals surface area contributed by atoms with Crippen molar-refractivity contribution in [2.75, 3.05) is 25.5 Å². The molecule has 108 valence electrons. The third-order valence-corrected chi connectivity index (χ3v) is 6.14.